The average molecular weight is 211 g/mol. The fraction of sp³-hybridized carbons (Fsp3) is 0.636. The van der Waals surface area contributed by atoms with Gasteiger partial charge in [-0.1, -0.05) is 6.92 Å². The number of nitrogens with one attached hydrogen (secondary N) is 1. The van der Waals surface area contributed by atoms with E-state index in [0.29, 0.717) is 6.42 Å². The first kappa shape index (κ1) is 13.5. The van der Waals surface area contributed by atoms with Crippen LogP contribution in [0, 0.1) is 12.3 Å². The molecule has 4 heteroatoms. The van der Waals surface area contributed by atoms with Crippen LogP contribution in [0.2, 0.25) is 0 Å². The van der Waals surface area contributed by atoms with Gasteiger partial charge in [-0.05, 0) is 33.1 Å². The molecule has 0 heterocycles. The molecule has 0 saturated carbocycles. The molecular formula is C11H17NO3. The molecule has 0 aromatic carbocycles. The van der Waals surface area contributed by atoms with Gasteiger partial charge in [-0.2, -0.15) is 0 Å². The number of hydrogen-bond acceptors (Lipinski definition) is 3. The Morgan fingerprint density at radius 2 is 2.00 bits per heavy atom. The second kappa shape index (κ2) is 5.40. The summed E-state index contributed by atoms with van der Waals surface area (Å²) in [6.07, 6.45) is 4.78. The van der Waals surface area contributed by atoms with E-state index in [1.165, 1.54) is 0 Å². The Morgan fingerprint density at radius 3 is 2.33 bits per heavy atom. The highest BCUT2D eigenvalue weighted by Crippen LogP contribution is 2.07. The quantitative estimate of drug-likeness (QED) is 0.568. The number of carbonyl (C=O) groups excluding carboxylic acids is 2. The van der Waals surface area contributed by atoms with E-state index in [4.69, 9.17) is 11.2 Å². The normalized spacial score (nSPS) is 12.5. The van der Waals surface area contributed by atoms with Gasteiger partial charge in [0.15, 0.2) is 0 Å². The van der Waals surface area contributed by atoms with E-state index in [2.05, 4.69) is 5.32 Å². The second-order valence-electron chi connectivity index (χ2n) is 4.12. The highest BCUT2D eigenvalue weighted by Gasteiger charge is 2.21. The molecule has 0 spiro atoms. The fourth-order valence-corrected chi connectivity index (χ4v) is 0.903. The number of hydrogen-bond donors (Lipinski definition) is 1. The van der Waals surface area contributed by atoms with Crippen LogP contribution in [0.1, 0.15) is 34.1 Å². The van der Waals surface area contributed by atoms with Crippen molar-refractivity contribution in [3.63, 3.8) is 0 Å². The van der Waals surface area contributed by atoms with Gasteiger partial charge >= 0.3 is 6.09 Å². The second-order valence-corrected chi connectivity index (χ2v) is 4.12. The molecule has 84 valence electrons. The Bertz CT molecular complexity index is 283. The van der Waals surface area contributed by atoms with Crippen LogP contribution < -0.4 is 5.32 Å². The Kier molecular flexibility index (Phi) is 4.86. The molecule has 0 aliphatic rings. The highest BCUT2D eigenvalue weighted by atomic mass is 16.6. The van der Waals surface area contributed by atoms with Crippen molar-refractivity contribution in [2.24, 2.45) is 0 Å². The maximum atomic E-state index is 11.3. The first-order chi connectivity index (χ1) is 6.80. The van der Waals surface area contributed by atoms with Crippen LogP contribution in [0.5, 0.6) is 0 Å². The predicted molar refractivity (Wildman–Crippen MR) is 57.3 cm³/mol. The fourth-order valence-electron chi connectivity index (χ4n) is 0.903. The lowest BCUT2D eigenvalue weighted by molar-refractivity contribution is -0.115. The third-order valence-electron chi connectivity index (χ3n) is 1.56. The van der Waals surface area contributed by atoms with Gasteiger partial charge in [-0.3, -0.25) is 4.79 Å². The van der Waals surface area contributed by atoms with Crippen LogP contribution >= 0.6 is 0 Å². The lowest BCUT2D eigenvalue weighted by atomic mass is 10.1. The maximum Gasteiger partial charge on any atom is 0.408 e. The summed E-state index contributed by atoms with van der Waals surface area (Å²) in [7, 11) is 0. The summed E-state index contributed by atoms with van der Waals surface area (Å²) in [5, 5.41) is 2.42. The van der Waals surface area contributed by atoms with E-state index >= 15 is 0 Å². The Hall–Kier alpha value is -1.50. The third kappa shape index (κ3) is 5.74. The first-order valence-electron chi connectivity index (χ1n) is 4.80. The maximum absolute atomic E-state index is 11.3. The summed E-state index contributed by atoms with van der Waals surface area (Å²) in [6, 6.07) is -0.662. The van der Waals surface area contributed by atoms with Crippen LogP contribution in [-0.2, 0) is 9.53 Å². The van der Waals surface area contributed by atoms with Crippen molar-refractivity contribution in [1.29, 1.82) is 0 Å². The van der Waals surface area contributed by atoms with Gasteiger partial charge in [-0.25, -0.2) is 4.79 Å². The van der Waals surface area contributed by atoms with E-state index in [1.54, 1.807) is 27.7 Å². The van der Waals surface area contributed by atoms with Crippen molar-refractivity contribution >= 4 is 11.9 Å². The number of ketones is 1. The van der Waals surface area contributed by atoms with E-state index in [1.807, 2.05) is 5.92 Å². The number of amides is 1. The molecule has 0 rings (SSSR count). The first-order valence-corrected chi connectivity index (χ1v) is 4.80. The van der Waals surface area contributed by atoms with Crippen molar-refractivity contribution in [2.45, 2.75) is 45.8 Å². The molecule has 0 bridgehead atoms. The molecular weight excluding hydrogens is 194 g/mol. The minimum Gasteiger partial charge on any atom is -0.444 e. The van der Waals surface area contributed by atoms with Gasteiger partial charge in [-0.15, -0.1) is 6.42 Å². The lowest BCUT2D eigenvalue weighted by Gasteiger charge is -2.21. The summed E-state index contributed by atoms with van der Waals surface area (Å²) in [4.78, 5) is 22.4. The van der Waals surface area contributed by atoms with Crippen LogP contribution in [0.25, 0.3) is 0 Å². The molecule has 0 saturated heterocycles. The molecule has 4 nitrogen and oxygen atoms in total. The summed E-state index contributed by atoms with van der Waals surface area (Å²) in [5.41, 5.74) is -0.582. The molecule has 0 aromatic rings. The van der Waals surface area contributed by atoms with Crippen molar-refractivity contribution in [1.82, 2.24) is 5.32 Å². The van der Waals surface area contributed by atoms with Crippen molar-refractivity contribution in [3.8, 4) is 12.3 Å². The molecule has 0 fully saturated rings. The van der Waals surface area contributed by atoms with Crippen molar-refractivity contribution in [3.05, 3.63) is 0 Å². The monoisotopic (exact) mass is 211 g/mol. The molecule has 15 heavy (non-hydrogen) atoms. The molecule has 0 aromatic heterocycles. The number of rotatable bonds is 3. The van der Waals surface area contributed by atoms with Gasteiger partial charge in [0.05, 0.1) is 0 Å². The smallest absolute Gasteiger partial charge is 0.408 e. The van der Waals surface area contributed by atoms with Crippen LogP contribution in [0.4, 0.5) is 4.79 Å². The molecule has 0 aliphatic carbocycles. The summed E-state index contributed by atoms with van der Waals surface area (Å²) in [5.74, 6) is 1.53. The third-order valence-corrected chi connectivity index (χ3v) is 1.56. The van der Waals surface area contributed by atoms with Gasteiger partial charge in [0.2, 0.25) is 5.78 Å². The largest absolute Gasteiger partial charge is 0.444 e. The minimum absolute atomic E-state index is 0.441. The number of Topliss-reactive ketones (excluding diaryl/α,β-unsaturated/α-hetero) is 1. The summed E-state index contributed by atoms with van der Waals surface area (Å²) >= 11 is 0. The van der Waals surface area contributed by atoms with Crippen LogP contribution in [0.15, 0.2) is 0 Å². The van der Waals surface area contributed by atoms with Gasteiger partial charge < -0.3 is 10.1 Å². The highest BCUT2D eigenvalue weighted by molar-refractivity contribution is 6.00. The van der Waals surface area contributed by atoms with Crippen molar-refractivity contribution in [2.75, 3.05) is 0 Å². The van der Waals surface area contributed by atoms with Crippen LogP contribution in [0.3, 0.4) is 0 Å². The van der Waals surface area contributed by atoms with Gasteiger partial charge in [0.25, 0.3) is 0 Å². The molecule has 0 unspecified atom stereocenters. The van der Waals surface area contributed by atoms with Crippen LogP contribution in [-0.4, -0.2) is 23.5 Å². The number of alkyl carbamates (subject to hydrolysis) is 1. The zero-order chi connectivity index (χ0) is 12.1. The Morgan fingerprint density at radius 1 is 1.47 bits per heavy atom. The van der Waals surface area contributed by atoms with Gasteiger partial charge in [0.1, 0.15) is 11.6 Å². The van der Waals surface area contributed by atoms with E-state index in [9.17, 15) is 9.59 Å². The van der Waals surface area contributed by atoms with E-state index in [0.717, 1.165) is 0 Å². The zero-order valence-electron chi connectivity index (χ0n) is 9.59. The molecule has 1 atom stereocenters. The molecule has 0 aliphatic heterocycles. The molecule has 1 amide bonds. The summed E-state index contributed by atoms with van der Waals surface area (Å²) in [6.45, 7) is 7.00. The lowest BCUT2D eigenvalue weighted by Crippen LogP contribution is -2.42. The summed E-state index contributed by atoms with van der Waals surface area (Å²) < 4.78 is 4.99. The van der Waals surface area contributed by atoms with Gasteiger partial charge in [0, 0.05) is 0 Å². The SMILES string of the molecule is C#CC(=O)[C@@H](CC)NC(=O)OC(C)(C)C. The topological polar surface area (TPSA) is 55.4 Å². The Balaban J connectivity index is 4.27. The standard InChI is InChI=1S/C11H17NO3/c1-6-8(9(13)7-2)12-10(14)15-11(3,4)5/h2,8H,6H2,1,3-5H3,(H,12,14)/t8-/m1/s1. The van der Waals surface area contributed by atoms with E-state index < -0.39 is 23.5 Å². The van der Waals surface area contributed by atoms with Crippen molar-refractivity contribution < 1.29 is 14.3 Å². The zero-order valence-corrected chi connectivity index (χ0v) is 9.59. The number of carbonyl (C=O) groups is 2. The minimum atomic E-state index is -0.662. The number of terminal acetylenes is 1. The average Bonchev–Trinajstić information content (AvgIpc) is 2.10. The number of ether oxygens (including phenoxy) is 1. The predicted octanol–water partition coefficient (Wildman–Crippen LogP) is 1.49. The molecule has 1 N–H and O–H groups in total. The van der Waals surface area contributed by atoms with E-state index in [-0.39, 0.29) is 0 Å². The Labute approximate surface area is 90.4 Å². The molecule has 0 radical (unpaired) electrons.